The number of hydrogen-bond acceptors (Lipinski definition) is 3. The Balaban J connectivity index is 2.45. The van der Waals surface area contributed by atoms with Gasteiger partial charge in [0.1, 0.15) is 0 Å². The Morgan fingerprint density at radius 2 is 2.71 bits per heavy atom. The number of rotatable bonds is 1. The fraction of sp³-hybridized carbons (Fsp3) is 0.333. The maximum atomic E-state index is 4.05. The highest BCUT2D eigenvalue weighted by Gasteiger charge is 1.90. The summed E-state index contributed by atoms with van der Waals surface area (Å²) in [5.41, 5.74) is 0. The Morgan fingerprint density at radius 3 is 3.00 bits per heavy atom. The molecule has 0 spiro atoms. The topological polar surface area (TPSA) is 24.4 Å². The van der Waals surface area contributed by atoms with Crippen LogP contribution in [0, 0.1) is 0 Å². The summed E-state index contributed by atoms with van der Waals surface area (Å²) in [6, 6.07) is 0. The van der Waals surface area contributed by atoms with E-state index in [-0.39, 0.29) is 9.91 Å². The van der Waals surface area contributed by atoms with Gasteiger partial charge in [0.15, 0.2) is 0 Å². The summed E-state index contributed by atoms with van der Waals surface area (Å²) < 4.78 is 7.10. The van der Waals surface area contributed by atoms with Crippen LogP contribution in [-0.2, 0) is 9.91 Å². The summed E-state index contributed by atoms with van der Waals surface area (Å²) in [6.45, 7) is 0. The van der Waals surface area contributed by atoms with E-state index in [0.717, 1.165) is 0 Å². The summed E-state index contributed by atoms with van der Waals surface area (Å²) >= 11 is 0. The van der Waals surface area contributed by atoms with Gasteiger partial charge in [0.2, 0.25) is 0 Å². The Morgan fingerprint density at radius 1 is 1.86 bits per heavy atom. The van der Waals surface area contributed by atoms with Gasteiger partial charge in [-0.25, -0.2) is 4.36 Å². The van der Waals surface area contributed by atoms with Gasteiger partial charge >= 0.3 is 0 Å². The molecule has 1 N–H and O–H groups in total. The fourth-order valence-electron chi connectivity index (χ4n) is 0.296. The molecule has 1 rings (SSSR count). The third kappa shape index (κ3) is 1.21. The Kier molecular flexibility index (Phi) is 1.76. The first-order valence-electron chi connectivity index (χ1n) is 1.84. The fourth-order valence-corrected chi connectivity index (χ4v) is 1.75. The molecule has 1 aliphatic heterocycles. The summed E-state index contributed by atoms with van der Waals surface area (Å²) in [6.07, 6.45) is 5.69. The van der Waals surface area contributed by atoms with Crippen LogP contribution >= 0.6 is 10.8 Å². The van der Waals surface area contributed by atoms with Gasteiger partial charge in [-0.15, -0.1) is 0 Å². The van der Waals surface area contributed by atoms with Crippen molar-refractivity contribution in [2.24, 2.45) is 4.36 Å². The van der Waals surface area contributed by atoms with Gasteiger partial charge in [-0.3, -0.25) is 0 Å². The lowest BCUT2D eigenvalue weighted by molar-refractivity contribution is 1.44. The first-order valence-corrected chi connectivity index (χ1v) is 4.77. The van der Waals surface area contributed by atoms with E-state index in [1.807, 2.05) is 12.5 Å². The molecule has 0 aromatic rings. The van der Waals surface area contributed by atoms with E-state index in [4.69, 9.17) is 0 Å². The zero-order chi connectivity index (χ0) is 5.11. The first-order chi connectivity index (χ1) is 3.43. The summed E-state index contributed by atoms with van der Waals surface area (Å²) in [7, 11) is 1.77. The van der Waals surface area contributed by atoms with Crippen LogP contribution in [0.1, 0.15) is 0 Å². The monoisotopic (exact) mass is 134 g/mol. The van der Waals surface area contributed by atoms with Crippen molar-refractivity contribution in [3.8, 4) is 0 Å². The second-order valence-electron chi connectivity index (χ2n) is 0.955. The Labute approximate surface area is 49.0 Å². The van der Waals surface area contributed by atoms with Gasteiger partial charge in [-0.2, -0.15) is 0 Å². The minimum absolute atomic E-state index is 0.0463. The normalized spacial score (nSPS) is 26.7. The number of hydrogen-bond donors (Lipinski definition) is 1. The molecule has 1 aliphatic rings. The van der Waals surface area contributed by atoms with Gasteiger partial charge < -0.3 is 4.72 Å². The molecule has 4 heteroatoms. The van der Waals surface area contributed by atoms with Gasteiger partial charge in [0.05, 0.1) is 16.1 Å². The smallest absolute Gasteiger partial charge is 0.0578 e. The number of nitrogens with one attached hydrogen (secondary N) is 1. The maximum absolute atomic E-state index is 4.05. The van der Waals surface area contributed by atoms with Crippen molar-refractivity contribution < 1.29 is 0 Å². The van der Waals surface area contributed by atoms with Crippen LogP contribution in [0.2, 0.25) is 0 Å². The standard InChI is InChI=1S/C3H6N2S2/c1-6-7-4-2-3-5-7/h2-3H,1H3,(H,4,5). The third-order valence-electron chi connectivity index (χ3n) is 0.558. The molecule has 7 heavy (non-hydrogen) atoms. The molecule has 0 aliphatic carbocycles. The molecular formula is C3H6N2S2. The average molecular weight is 134 g/mol. The molecule has 1 atom stereocenters. The van der Waals surface area contributed by atoms with Crippen LogP contribution in [-0.4, -0.2) is 6.26 Å². The van der Waals surface area contributed by atoms with Crippen molar-refractivity contribution in [1.82, 2.24) is 4.72 Å². The zero-order valence-electron chi connectivity index (χ0n) is 3.92. The summed E-state index contributed by atoms with van der Waals surface area (Å²) in [5.74, 6) is 0. The maximum Gasteiger partial charge on any atom is 0.0578 e. The van der Waals surface area contributed by atoms with E-state index in [2.05, 4.69) is 9.08 Å². The first kappa shape index (κ1) is 5.18. The van der Waals surface area contributed by atoms with Crippen LogP contribution in [0.5, 0.6) is 0 Å². The van der Waals surface area contributed by atoms with Gasteiger partial charge in [0, 0.05) is 6.20 Å². The SMILES string of the molecule is CSS1=NC=CN1. The zero-order valence-corrected chi connectivity index (χ0v) is 5.55. The minimum Gasteiger partial charge on any atom is -0.318 e. The number of nitrogens with zero attached hydrogens (tertiary/aromatic N) is 1. The molecule has 0 aromatic carbocycles. The molecule has 0 saturated carbocycles. The molecule has 0 radical (unpaired) electrons. The van der Waals surface area contributed by atoms with Crippen molar-refractivity contribution in [3.63, 3.8) is 0 Å². The lowest BCUT2D eigenvalue weighted by Gasteiger charge is -1.92. The van der Waals surface area contributed by atoms with Crippen molar-refractivity contribution >= 4 is 20.7 Å². The van der Waals surface area contributed by atoms with E-state index in [0.29, 0.717) is 0 Å². The predicted molar refractivity (Wildman–Crippen MR) is 35.6 cm³/mol. The molecule has 2 nitrogen and oxygen atoms in total. The molecule has 0 aromatic heterocycles. The van der Waals surface area contributed by atoms with Crippen LogP contribution in [0.3, 0.4) is 0 Å². The molecule has 0 fully saturated rings. The van der Waals surface area contributed by atoms with Crippen molar-refractivity contribution in [2.45, 2.75) is 0 Å². The molecule has 0 bridgehead atoms. The predicted octanol–water partition coefficient (Wildman–Crippen LogP) is 1.06. The van der Waals surface area contributed by atoms with E-state index < -0.39 is 0 Å². The molecule has 40 valence electrons. The van der Waals surface area contributed by atoms with Crippen molar-refractivity contribution in [1.29, 1.82) is 0 Å². The lowest BCUT2D eigenvalue weighted by atomic mass is 11.0. The van der Waals surface area contributed by atoms with Gasteiger partial charge in [-0.1, -0.05) is 10.8 Å². The second-order valence-corrected chi connectivity index (χ2v) is 4.18. The largest absolute Gasteiger partial charge is 0.318 e. The van der Waals surface area contributed by atoms with Crippen LogP contribution in [0.25, 0.3) is 0 Å². The van der Waals surface area contributed by atoms with Crippen molar-refractivity contribution in [3.05, 3.63) is 12.4 Å². The lowest BCUT2D eigenvalue weighted by Crippen LogP contribution is -1.98. The van der Waals surface area contributed by atoms with Crippen molar-refractivity contribution in [2.75, 3.05) is 6.26 Å². The molecule has 1 heterocycles. The second kappa shape index (κ2) is 2.37. The molecule has 0 saturated heterocycles. The quantitative estimate of drug-likeness (QED) is 0.542. The highest BCUT2D eigenvalue weighted by Crippen LogP contribution is 2.05. The Hall–Kier alpha value is 0.0400. The summed E-state index contributed by atoms with van der Waals surface area (Å²) in [5, 5.41) is 0. The van der Waals surface area contributed by atoms with E-state index in [1.54, 1.807) is 17.0 Å². The summed E-state index contributed by atoms with van der Waals surface area (Å²) in [4.78, 5) is 0. The molecular weight excluding hydrogens is 128 g/mol. The highest BCUT2D eigenvalue weighted by atomic mass is 33.1. The van der Waals surface area contributed by atoms with Crippen LogP contribution < -0.4 is 4.72 Å². The van der Waals surface area contributed by atoms with Gasteiger partial charge in [0.25, 0.3) is 0 Å². The van der Waals surface area contributed by atoms with E-state index in [1.165, 1.54) is 0 Å². The van der Waals surface area contributed by atoms with E-state index >= 15 is 0 Å². The van der Waals surface area contributed by atoms with Crippen LogP contribution in [0.15, 0.2) is 16.8 Å². The minimum atomic E-state index is 0.0463. The Bertz CT molecular complexity index is 118. The average Bonchev–Trinajstić information content (AvgIpc) is 2.14. The van der Waals surface area contributed by atoms with Crippen LogP contribution in [0.4, 0.5) is 0 Å². The van der Waals surface area contributed by atoms with E-state index in [9.17, 15) is 0 Å². The van der Waals surface area contributed by atoms with Gasteiger partial charge in [-0.05, 0) is 6.26 Å². The molecule has 0 amide bonds. The molecule has 1 unspecified atom stereocenters. The highest BCUT2D eigenvalue weighted by molar-refractivity contribution is 8.69. The third-order valence-corrected chi connectivity index (χ3v) is 3.02.